The summed E-state index contributed by atoms with van der Waals surface area (Å²) in [7, 11) is 0. The third-order valence-electron chi connectivity index (χ3n) is 4.23. The van der Waals surface area contributed by atoms with Crippen LogP contribution in [0.5, 0.6) is 0 Å². The molecule has 2 amide bonds. The smallest absolute Gasteiger partial charge is 0.308 e. The molecule has 0 saturated carbocycles. The Labute approximate surface area is 167 Å². The van der Waals surface area contributed by atoms with Crippen LogP contribution in [0, 0.1) is 6.92 Å². The molecule has 1 heterocycles. The first-order valence-corrected chi connectivity index (χ1v) is 9.77. The van der Waals surface area contributed by atoms with Crippen molar-refractivity contribution in [3.05, 3.63) is 90.5 Å². The summed E-state index contributed by atoms with van der Waals surface area (Å²) < 4.78 is 0. The van der Waals surface area contributed by atoms with Crippen LogP contribution in [0.2, 0.25) is 0 Å². The summed E-state index contributed by atoms with van der Waals surface area (Å²) in [5.41, 5.74) is 4.70. The van der Waals surface area contributed by atoms with Crippen LogP contribution in [-0.4, -0.2) is 11.0 Å². The zero-order chi connectivity index (χ0) is 19.3. The van der Waals surface area contributed by atoms with Gasteiger partial charge in [0.15, 0.2) is 0 Å². The van der Waals surface area contributed by atoms with Crippen molar-refractivity contribution in [1.82, 2.24) is 4.98 Å². The molecule has 0 atom stereocenters. The molecule has 2 N–H and O–H groups in total. The highest BCUT2D eigenvalue weighted by molar-refractivity contribution is 7.19. The van der Waals surface area contributed by atoms with Gasteiger partial charge in [0, 0.05) is 16.8 Å². The third-order valence-corrected chi connectivity index (χ3v) is 5.25. The Balaban J connectivity index is 1.66. The quantitative estimate of drug-likeness (QED) is 0.425. The van der Waals surface area contributed by atoms with E-state index in [2.05, 4.69) is 41.8 Å². The standard InChI is InChI=1S/C23H19N3OS/c1-16-12-14-18(15-13-16)21-25-20(17-8-4-2-5-9-17)22(28-21)26-23(27)24-19-10-6-3-7-11-19/h2-15H,1H3,(H2,24,26,27). The average molecular weight is 385 g/mol. The van der Waals surface area contributed by atoms with Gasteiger partial charge in [-0.3, -0.25) is 5.32 Å². The second-order valence-corrected chi connectivity index (χ2v) is 7.37. The number of rotatable bonds is 4. The zero-order valence-corrected chi connectivity index (χ0v) is 16.2. The van der Waals surface area contributed by atoms with Crippen LogP contribution in [-0.2, 0) is 0 Å². The summed E-state index contributed by atoms with van der Waals surface area (Å²) in [6, 6.07) is 27.2. The number of thiazole rings is 1. The van der Waals surface area contributed by atoms with Gasteiger partial charge in [0.05, 0.1) is 0 Å². The minimum atomic E-state index is -0.289. The lowest BCUT2D eigenvalue weighted by atomic mass is 10.1. The molecule has 0 aliphatic rings. The minimum absolute atomic E-state index is 0.289. The zero-order valence-electron chi connectivity index (χ0n) is 15.3. The largest absolute Gasteiger partial charge is 0.324 e. The van der Waals surface area contributed by atoms with Gasteiger partial charge >= 0.3 is 6.03 Å². The van der Waals surface area contributed by atoms with Crippen LogP contribution in [0.4, 0.5) is 15.5 Å². The Morgan fingerprint density at radius 2 is 1.43 bits per heavy atom. The molecule has 0 aliphatic heterocycles. The number of anilines is 2. The van der Waals surface area contributed by atoms with Crippen LogP contribution in [0.15, 0.2) is 84.9 Å². The maximum atomic E-state index is 12.5. The van der Waals surface area contributed by atoms with Crippen molar-refractivity contribution in [3.63, 3.8) is 0 Å². The summed E-state index contributed by atoms with van der Waals surface area (Å²) in [5, 5.41) is 7.41. The van der Waals surface area contributed by atoms with Crippen LogP contribution >= 0.6 is 11.3 Å². The molecular formula is C23H19N3OS. The molecule has 4 rings (SSSR count). The second kappa shape index (κ2) is 8.06. The topological polar surface area (TPSA) is 54.0 Å². The van der Waals surface area contributed by atoms with Crippen molar-refractivity contribution in [2.75, 3.05) is 10.6 Å². The Hall–Kier alpha value is -3.44. The Kier molecular flexibility index (Phi) is 5.17. The van der Waals surface area contributed by atoms with Gasteiger partial charge in [-0.15, -0.1) is 0 Å². The molecule has 138 valence electrons. The van der Waals surface area contributed by atoms with Crippen molar-refractivity contribution in [3.8, 4) is 21.8 Å². The van der Waals surface area contributed by atoms with E-state index in [4.69, 9.17) is 4.98 Å². The molecule has 5 heteroatoms. The highest BCUT2D eigenvalue weighted by Crippen LogP contribution is 2.38. The maximum Gasteiger partial charge on any atom is 0.324 e. The fraction of sp³-hybridized carbons (Fsp3) is 0.0435. The van der Waals surface area contributed by atoms with E-state index in [1.165, 1.54) is 16.9 Å². The van der Waals surface area contributed by atoms with Crippen LogP contribution < -0.4 is 10.6 Å². The summed E-state index contributed by atoms with van der Waals surface area (Å²) in [5.74, 6) is 0. The summed E-state index contributed by atoms with van der Waals surface area (Å²) in [6.07, 6.45) is 0. The number of urea groups is 1. The van der Waals surface area contributed by atoms with Crippen LogP contribution in [0.1, 0.15) is 5.56 Å². The highest BCUT2D eigenvalue weighted by atomic mass is 32.1. The Bertz CT molecular complexity index is 1070. The molecule has 0 spiro atoms. The fourth-order valence-corrected chi connectivity index (χ4v) is 3.79. The van der Waals surface area contributed by atoms with E-state index in [9.17, 15) is 4.79 Å². The SMILES string of the molecule is Cc1ccc(-c2nc(-c3ccccc3)c(NC(=O)Nc3ccccc3)s2)cc1. The van der Waals surface area contributed by atoms with E-state index < -0.39 is 0 Å². The van der Waals surface area contributed by atoms with Crippen molar-refractivity contribution in [2.45, 2.75) is 6.92 Å². The van der Waals surface area contributed by atoms with Crippen LogP contribution in [0.3, 0.4) is 0 Å². The normalized spacial score (nSPS) is 10.5. The van der Waals surface area contributed by atoms with E-state index in [-0.39, 0.29) is 6.03 Å². The molecule has 1 aromatic heterocycles. The average Bonchev–Trinajstić information content (AvgIpc) is 3.13. The molecule has 0 bridgehead atoms. The number of hydrogen-bond acceptors (Lipinski definition) is 3. The molecule has 0 aliphatic carbocycles. The number of carbonyl (C=O) groups excluding carboxylic acids is 1. The van der Waals surface area contributed by atoms with Crippen molar-refractivity contribution >= 4 is 28.1 Å². The lowest BCUT2D eigenvalue weighted by molar-refractivity contribution is 0.262. The van der Waals surface area contributed by atoms with Gasteiger partial charge in [0.2, 0.25) is 0 Å². The predicted octanol–water partition coefficient (Wildman–Crippen LogP) is 6.43. The van der Waals surface area contributed by atoms with Gasteiger partial charge in [-0.2, -0.15) is 0 Å². The first kappa shape index (κ1) is 17.9. The summed E-state index contributed by atoms with van der Waals surface area (Å²) in [6.45, 7) is 2.06. The highest BCUT2D eigenvalue weighted by Gasteiger charge is 2.16. The Morgan fingerprint density at radius 1 is 0.786 bits per heavy atom. The summed E-state index contributed by atoms with van der Waals surface area (Å²) in [4.78, 5) is 17.3. The van der Waals surface area contributed by atoms with E-state index in [0.717, 1.165) is 32.5 Å². The number of para-hydroxylation sites is 1. The van der Waals surface area contributed by atoms with Gasteiger partial charge in [0.25, 0.3) is 0 Å². The molecular weight excluding hydrogens is 366 g/mol. The van der Waals surface area contributed by atoms with Gasteiger partial charge in [-0.25, -0.2) is 9.78 Å². The van der Waals surface area contributed by atoms with Crippen molar-refractivity contribution < 1.29 is 4.79 Å². The van der Waals surface area contributed by atoms with Crippen molar-refractivity contribution in [1.29, 1.82) is 0 Å². The Morgan fingerprint density at radius 3 is 2.11 bits per heavy atom. The first-order chi connectivity index (χ1) is 13.7. The lowest BCUT2D eigenvalue weighted by Crippen LogP contribution is -2.19. The van der Waals surface area contributed by atoms with E-state index >= 15 is 0 Å². The second-order valence-electron chi connectivity index (χ2n) is 6.37. The fourth-order valence-electron chi connectivity index (χ4n) is 2.80. The third kappa shape index (κ3) is 4.10. The first-order valence-electron chi connectivity index (χ1n) is 8.95. The maximum absolute atomic E-state index is 12.5. The van der Waals surface area contributed by atoms with E-state index in [1.54, 1.807) is 0 Å². The molecule has 0 saturated heterocycles. The predicted molar refractivity (Wildman–Crippen MR) is 117 cm³/mol. The lowest BCUT2D eigenvalue weighted by Gasteiger charge is -2.07. The van der Waals surface area contributed by atoms with E-state index in [1.807, 2.05) is 60.7 Å². The molecule has 3 aromatic carbocycles. The van der Waals surface area contributed by atoms with Gasteiger partial charge < -0.3 is 5.32 Å². The molecule has 0 unspecified atom stereocenters. The monoisotopic (exact) mass is 385 g/mol. The number of carbonyl (C=O) groups is 1. The minimum Gasteiger partial charge on any atom is -0.308 e. The number of amides is 2. The number of nitrogens with zero attached hydrogens (tertiary/aromatic N) is 1. The van der Waals surface area contributed by atoms with Gasteiger partial charge in [0.1, 0.15) is 15.7 Å². The number of nitrogens with one attached hydrogen (secondary N) is 2. The summed E-state index contributed by atoms with van der Waals surface area (Å²) >= 11 is 1.47. The van der Waals surface area contributed by atoms with E-state index in [0.29, 0.717) is 0 Å². The number of aryl methyl sites for hydroxylation is 1. The molecule has 0 fully saturated rings. The molecule has 28 heavy (non-hydrogen) atoms. The molecule has 0 radical (unpaired) electrons. The number of hydrogen-bond donors (Lipinski definition) is 2. The van der Waals surface area contributed by atoms with Gasteiger partial charge in [-0.05, 0) is 19.1 Å². The van der Waals surface area contributed by atoms with Crippen LogP contribution in [0.25, 0.3) is 21.8 Å². The number of benzene rings is 3. The number of aromatic nitrogens is 1. The molecule has 4 aromatic rings. The van der Waals surface area contributed by atoms with Gasteiger partial charge in [-0.1, -0.05) is 89.7 Å². The van der Waals surface area contributed by atoms with Crippen molar-refractivity contribution in [2.24, 2.45) is 0 Å². The molecule has 4 nitrogen and oxygen atoms in total.